The van der Waals surface area contributed by atoms with Crippen molar-refractivity contribution in [2.75, 3.05) is 5.75 Å². The topological polar surface area (TPSA) is 109 Å². The van der Waals surface area contributed by atoms with E-state index in [0.717, 1.165) is 17.5 Å². The van der Waals surface area contributed by atoms with Crippen molar-refractivity contribution in [3.05, 3.63) is 66.0 Å². The summed E-state index contributed by atoms with van der Waals surface area (Å²) in [6.07, 6.45) is 4.16. The summed E-state index contributed by atoms with van der Waals surface area (Å²) in [7, 11) is 0. The van der Waals surface area contributed by atoms with Crippen molar-refractivity contribution in [1.82, 2.24) is 15.2 Å². The molecule has 2 aromatic rings. The maximum Gasteiger partial charge on any atom is 0.412 e. The predicted molar refractivity (Wildman–Crippen MR) is 114 cm³/mol. The number of carboxylic acids is 1. The molecule has 1 aromatic carbocycles. The summed E-state index contributed by atoms with van der Waals surface area (Å²) in [5, 5.41) is 11.8. The average Bonchev–Trinajstić information content (AvgIpc) is 3.21. The van der Waals surface area contributed by atoms with E-state index in [-0.39, 0.29) is 6.61 Å². The zero-order valence-electron chi connectivity index (χ0n) is 16.8. The number of amides is 2. The average molecular weight is 442 g/mol. The van der Waals surface area contributed by atoms with Crippen LogP contribution in [0.25, 0.3) is 0 Å². The molecule has 1 unspecified atom stereocenters. The number of carboxylic acid groups (broad SMARTS) is 1. The molecule has 2 amide bonds. The fourth-order valence-corrected chi connectivity index (χ4v) is 5.17. The van der Waals surface area contributed by atoms with E-state index < -0.39 is 34.9 Å². The van der Waals surface area contributed by atoms with E-state index in [1.54, 1.807) is 24.5 Å². The normalized spacial score (nSPS) is 21.7. The van der Waals surface area contributed by atoms with Gasteiger partial charge >= 0.3 is 12.1 Å². The molecule has 0 radical (unpaired) electrons. The Bertz CT molecular complexity index is 952. The Morgan fingerprint density at radius 3 is 2.48 bits per heavy atom. The molecule has 1 saturated heterocycles. The van der Waals surface area contributed by atoms with E-state index in [1.165, 1.54) is 16.7 Å². The number of thioether (sulfide) groups is 1. The van der Waals surface area contributed by atoms with Gasteiger partial charge in [0.2, 0.25) is 5.91 Å². The van der Waals surface area contributed by atoms with E-state index >= 15 is 0 Å². The molecule has 1 aromatic heterocycles. The van der Waals surface area contributed by atoms with Crippen molar-refractivity contribution < 1.29 is 24.2 Å². The maximum atomic E-state index is 13.1. The van der Waals surface area contributed by atoms with Crippen molar-refractivity contribution >= 4 is 29.7 Å². The highest BCUT2D eigenvalue weighted by Crippen LogP contribution is 2.42. The fourth-order valence-electron chi connectivity index (χ4n) is 3.75. The molecule has 4 rings (SSSR count). The van der Waals surface area contributed by atoms with E-state index in [1.807, 2.05) is 30.3 Å². The summed E-state index contributed by atoms with van der Waals surface area (Å²) in [6, 6.07) is 12.0. The van der Waals surface area contributed by atoms with Crippen molar-refractivity contribution in [2.45, 2.75) is 42.8 Å². The molecule has 0 bridgehead atoms. The van der Waals surface area contributed by atoms with Crippen LogP contribution in [-0.2, 0) is 20.9 Å². The molecule has 2 fully saturated rings. The van der Waals surface area contributed by atoms with Gasteiger partial charge in [-0.1, -0.05) is 30.3 Å². The summed E-state index contributed by atoms with van der Waals surface area (Å²) < 4.78 is 5.52. The molecule has 8 nitrogen and oxygen atoms in total. The smallest absolute Gasteiger partial charge is 0.412 e. The van der Waals surface area contributed by atoms with E-state index in [0.29, 0.717) is 18.6 Å². The monoisotopic (exact) mass is 441 g/mol. The van der Waals surface area contributed by atoms with Gasteiger partial charge in [0.05, 0.1) is 0 Å². The highest BCUT2D eigenvalue weighted by molar-refractivity contribution is 7.99. The Morgan fingerprint density at radius 1 is 1.16 bits per heavy atom. The summed E-state index contributed by atoms with van der Waals surface area (Å²) in [4.78, 5) is 43.3. The first-order valence-corrected chi connectivity index (χ1v) is 11.1. The fraction of sp³-hybridized carbons (Fsp3) is 0.364. The van der Waals surface area contributed by atoms with E-state index in [2.05, 4.69) is 10.3 Å². The Kier molecular flexibility index (Phi) is 6.13. The van der Waals surface area contributed by atoms with Crippen LogP contribution in [0, 0.1) is 0 Å². The molecule has 162 valence electrons. The molecule has 2 N–H and O–H groups in total. The predicted octanol–water partition coefficient (Wildman–Crippen LogP) is 2.96. The van der Waals surface area contributed by atoms with Crippen LogP contribution >= 0.6 is 11.8 Å². The zero-order valence-corrected chi connectivity index (χ0v) is 17.6. The lowest BCUT2D eigenvalue weighted by Gasteiger charge is -2.39. The minimum atomic E-state index is -1.24. The van der Waals surface area contributed by atoms with Crippen molar-refractivity contribution in [3.8, 4) is 0 Å². The van der Waals surface area contributed by atoms with Gasteiger partial charge in [0.25, 0.3) is 0 Å². The largest absolute Gasteiger partial charge is 0.480 e. The number of benzene rings is 1. The van der Waals surface area contributed by atoms with E-state index in [4.69, 9.17) is 4.74 Å². The molecule has 1 aliphatic carbocycles. The number of pyridine rings is 1. The first kappa shape index (κ1) is 21.2. The third-order valence-electron chi connectivity index (χ3n) is 5.69. The third-order valence-corrected chi connectivity index (χ3v) is 7.01. The Hall–Kier alpha value is -3.07. The third kappa shape index (κ3) is 4.36. The molecule has 2 atom stereocenters. The number of hydrogen-bond acceptors (Lipinski definition) is 6. The van der Waals surface area contributed by atoms with Gasteiger partial charge in [0, 0.05) is 18.1 Å². The minimum Gasteiger partial charge on any atom is -0.480 e. The molecule has 1 saturated carbocycles. The Balaban J connectivity index is 1.54. The molecule has 9 heteroatoms. The number of carbonyl (C=O) groups excluding carboxylic acids is 2. The second-order valence-corrected chi connectivity index (χ2v) is 8.77. The van der Waals surface area contributed by atoms with Gasteiger partial charge in [-0.05, 0) is 42.5 Å². The van der Waals surface area contributed by atoms with Gasteiger partial charge < -0.3 is 15.2 Å². The number of aromatic nitrogens is 1. The number of carbonyl (C=O) groups is 3. The van der Waals surface area contributed by atoms with Crippen LogP contribution in [-0.4, -0.2) is 50.3 Å². The summed E-state index contributed by atoms with van der Waals surface area (Å²) >= 11 is 1.44. The molecule has 0 spiro atoms. The maximum absolute atomic E-state index is 13.1. The highest BCUT2D eigenvalue weighted by Gasteiger charge is 2.50. The van der Waals surface area contributed by atoms with Gasteiger partial charge in [-0.25, -0.2) is 9.59 Å². The Labute approximate surface area is 184 Å². The van der Waals surface area contributed by atoms with Crippen LogP contribution in [0.1, 0.15) is 35.8 Å². The van der Waals surface area contributed by atoms with Gasteiger partial charge in [0.15, 0.2) is 0 Å². The molecule has 31 heavy (non-hydrogen) atoms. The van der Waals surface area contributed by atoms with Crippen LogP contribution in [0.4, 0.5) is 4.79 Å². The van der Waals surface area contributed by atoms with Crippen LogP contribution in [0.2, 0.25) is 0 Å². The van der Waals surface area contributed by atoms with Crippen molar-refractivity contribution in [2.24, 2.45) is 0 Å². The van der Waals surface area contributed by atoms with Gasteiger partial charge in [0.1, 0.15) is 23.6 Å². The standard InChI is InChI=1S/C22H23N3O5S/c26-18(24-22(20(27)28)9-4-10-22)17-14-31-19(16-7-11-23-12-8-16)25(17)21(29)30-13-15-5-2-1-3-6-15/h1-3,5-8,11-12,17,19H,4,9-10,13-14H2,(H,24,26)(H,27,28)/t17-,19?/m0/s1. The molecule has 2 heterocycles. The number of aliphatic carboxylic acids is 1. The van der Waals surface area contributed by atoms with Crippen LogP contribution in [0.15, 0.2) is 54.9 Å². The number of nitrogens with one attached hydrogen (secondary N) is 1. The van der Waals surface area contributed by atoms with Crippen LogP contribution in [0.3, 0.4) is 0 Å². The quantitative estimate of drug-likeness (QED) is 0.709. The van der Waals surface area contributed by atoms with Gasteiger partial charge in [-0.15, -0.1) is 11.8 Å². The Morgan fingerprint density at radius 2 is 1.87 bits per heavy atom. The lowest BCUT2D eigenvalue weighted by atomic mass is 9.76. The van der Waals surface area contributed by atoms with Crippen molar-refractivity contribution in [1.29, 1.82) is 0 Å². The van der Waals surface area contributed by atoms with Gasteiger partial charge in [-0.3, -0.25) is 14.7 Å². The zero-order chi connectivity index (χ0) is 21.8. The van der Waals surface area contributed by atoms with Crippen molar-refractivity contribution in [3.63, 3.8) is 0 Å². The number of nitrogens with zero attached hydrogens (tertiary/aromatic N) is 2. The first-order chi connectivity index (χ1) is 15.0. The highest BCUT2D eigenvalue weighted by atomic mass is 32.2. The number of hydrogen-bond donors (Lipinski definition) is 2. The summed E-state index contributed by atoms with van der Waals surface area (Å²) in [5.41, 5.74) is 0.419. The van der Waals surface area contributed by atoms with Crippen LogP contribution < -0.4 is 5.32 Å². The second-order valence-electron chi connectivity index (χ2n) is 7.66. The second kappa shape index (κ2) is 8.97. The molecular formula is C22H23N3O5S. The van der Waals surface area contributed by atoms with E-state index in [9.17, 15) is 19.5 Å². The lowest BCUT2D eigenvalue weighted by molar-refractivity contribution is -0.152. The minimum absolute atomic E-state index is 0.0807. The number of ether oxygens (including phenoxy) is 1. The molecule has 2 aliphatic rings. The summed E-state index contributed by atoms with van der Waals surface area (Å²) in [6.45, 7) is 0.0807. The SMILES string of the molecule is O=C(NC1(C(=O)O)CCC1)[C@@H]1CSC(c2ccncc2)N1C(=O)OCc1ccccc1. The summed E-state index contributed by atoms with van der Waals surface area (Å²) in [5.74, 6) is -1.17. The lowest BCUT2D eigenvalue weighted by Crippen LogP contribution is -2.62. The molecule has 1 aliphatic heterocycles. The van der Waals surface area contributed by atoms with Crippen LogP contribution in [0.5, 0.6) is 0 Å². The number of rotatable bonds is 6. The first-order valence-electron chi connectivity index (χ1n) is 10.1. The van der Waals surface area contributed by atoms with Gasteiger partial charge in [-0.2, -0.15) is 0 Å². The molecular weight excluding hydrogens is 418 g/mol.